The summed E-state index contributed by atoms with van der Waals surface area (Å²) in [5.74, 6) is 0.120. The zero-order valence-electron chi connectivity index (χ0n) is 11.9. The van der Waals surface area contributed by atoms with Crippen LogP contribution in [0.25, 0.3) is 0 Å². The molecular weight excluding hydrogens is 364 g/mol. The maximum Gasteiger partial charge on any atom is 0.270 e. The smallest absolute Gasteiger partial charge is 0.267 e. The molecule has 0 bridgehead atoms. The van der Waals surface area contributed by atoms with E-state index in [9.17, 15) is 9.59 Å². The Kier molecular flexibility index (Phi) is 6.03. The first-order chi connectivity index (χ1) is 10.6. The van der Waals surface area contributed by atoms with Crippen molar-refractivity contribution in [3.05, 3.63) is 69.7 Å². The molecule has 0 atom stereocenters. The Morgan fingerprint density at radius 2 is 1.77 bits per heavy atom. The normalized spacial score (nSPS) is 10.1. The highest BCUT2D eigenvalue weighted by molar-refractivity contribution is 9.10. The third-order valence-corrected chi connectivity index (χ3v) is 4.22. The summed E-state index contributed by atoms with van der Waals surface area (Å²) in [6.07, 6.45) is 2.00. The lowest BCUT2D eigenvalue weighted by Gasteiger charge is -2.09. The Labute approximate surface area is 141 Å². The van der Waals surface area contributed by atoms with Crippen molar-refractivity contribution in [2.45, 2.75) is 5.75 Å². The van der Waals surface area contributed by atoms with Crippen LogP contribution >= 0.6 is 27.7 Å². The molecule has 114 valence electrons. The number of nitrogens with one attached hydrogen (secondary N) is 2. The molecule has 0 heterocycles. The molecule has 6 heteroatoms. The molecule has 4 nitrogen and oxygen atoms in total. The Morgan fingerprint density at radius 3 is 2.50 bits per heavy atom. The first-order valence-corrected chi connectivity index (χ1v) is 8.73. The second-order valence-electron chi connectivity index (χ2n) is 4.52. The van der Waals surface area contributed by atoms with E-state index in [1.165, 1.54) is 0 Å². The van der Waals surface area contributed by atoms with Crippen LogP contribution in [-0.2, 0) is 5.75 Å². The van der Waals surface area contributed by atoms with Gasteiger partial charge in [0.25, 0.3) is 11.8 Å². The SMILES string of the molecule is CSCc1cccc(C(=O)NNC(=O)c2ccccc2Br)c1. The fourth-order valence-electron chi connectivity index (χ4n) is 1.87. The number of halogens is 1. The molecule has 0 aliphatic carbocycles. The molecular formula is C16H15BrN2O2S. The van der Waals surface area contributed by atoms with Crippen LogP contribution in [0.15, 0.2) is 53.0 Å². The zero-order chi connectivity index (χ0) is 15.9. The van der Waals surface area contributed by atoms with Gasteiger partial charge in [-0.05, 0) is 52.0 Å². The van der Waals surface area contributed by atoms with Crippen molar-refractivity contribution in [3.63, 3.8) is 0 Å². The van der Waals surface area contributed by atoms with Crippen molar-refractivity contribution in [1.82, 2.24) is 10.9 Å². The molecule has 0 saturated heterocycles. The summed E-state index contributed by atoms with van der Waals surface area (Å²) in [6.45, 7) is 0. The first-order valence-electron chi connectivity index (χ1n) is 6.55. The lowest BCUT2D eigenvalue weighted by Crippen LogP contribution is -2.41. The summed E-state index contributed by atoms with van der Waals surface area (Å²) in [7, 11) is 0. The van der Waals surface area contributed by atoms with Crippen LogP contribution in [0, 0.1) is 0 Å². The molecule has 2 amide bonds. The Balaban J connectivity index is 1.99. The van der Waals surface area contributed by atoms with Gasteiger partial charge in [-0.3, -0.25) is 20.4 Å². The predicted octanol–water partition coefficient (Wildman–Crippen LogP) is 3.39. The lowest BCUT2D eigenvalue weighted by atomic mass is 10.1. The van der Waals surface area contributed by atoms with Crippen LogP contribution in [0.3, 0.4) is 0 Å². The molecule has 0 unspecified atom stereocenters. The van der Waals surface area contributed by atoms with E-state index >= 15 is 0 Å². The van der Waals surface area contributed by atoms with E-state index in [1.54, 1.807) is 36.0 Å². The molecule has 2 N–H and O–H groups in total. The van der Waals surface area contributed by atoms with Crippen LogP contribution in [0.4, 0.5) is 0 Å². The second-order valence-corrected chi connectivity index (χ2v) is 6.24. The molecule has 0 aliphatic rings. The molecule has 0 spiro atoms. The number of amides is 2. The number of rotatable bonds is 4. The summed E-state index contributed by atoms with van der Waals surface area (Å²) < 4.78 is 0.670. The number of hydrazine groups is 1. The number of carbonyl (C=O) groups excluding carboxylic acids is 2. The highest BCUT2D eigenvalue weighted by atomic mass is 79.9. The number of hydrogen-bond acceptors (Lipinski definition) is 3. The molecule has 2 aromatic rings. The van der Waals surface area contributed by atoms with Crippen LogP contribution in [0.2, 0.25) is 0 Å². The van der Waals surface area contributed by atoms with Crippen molar-refractivity contribution in [2.75, 3.05) is 6.26 Å². The largest absolute Gasteiger partial charge is 0.270 e. The summed E-state index contributed by atoms with van der Waals surface area (Å²) in [4.78, 5) is 24.1. The highest BCUT2D eigenvalue weighted by Gasteiger charge is 2.11. The van der Waals surface area contributed by atoms with E-state index in [1.807, 2.05) is 30.5 Å². The third kappa shape index (κ3) is 4.35. The molecule has 22 heavy (non-hydrogen) atoms. The molecule has 0 aliphatic heterocycles. The minimum absolute atomic E-state index is 0.344. The summed E-state index contributed by atoms with van der Waals surface area (Å²) >= 11 is 4.99. The molecule has 2 aromatic carbocycles. The van der Waals surface area contributed by atoms with Crippen molar-refractivity contribution in [3.8, 4) is 0 Å². The van der Waals surface area contributed by atoms with Crippen molar-refractivity contribution in [1.29, 1.82) is 0 Å². The predicted molar refractivity (Wildman–Crippen MR) is 92.7 cm³/mol. The van der Waals surface area contributed by atoms with E-state index in [-0.39, 0.29) is 11.8 Å². The van der Waals surface area contributed by atoms with Gasteiger partial charge in [-0.25, -0.2) is 0 Å². The van der Waals surface area contributed by atoms with Crippen LogP contribution < -0.4 is 10.9 Å². The third-order valence-electron chi connectivity index (χ3n) is 2.91. The van der Waals surface area contributed by atoms with Gasteiger partial charge >= 0.3 is 0 Å². The number of thioether (sulfide) groups is 1. The molecule has 2 rings (SSSR count). The second kappa shape index (κ2) is 8.00. The number of hydrogen-bond donors (Lipinski definition) is 2. The van der Waals surface area contributed by atoms with Gasteiger partial charge in [0.2, 0.25) is 0 Å². The maximum absolute atomic E-state index is 12.1. The average Bonchev–Trinajstić information content (AvgIpc) is 2.53. The van der Waals surface area contributed by atoms with Gasteiger partial charge in [-0.1, -0.05) is 24.3 Å². The van der Waals surface area contributed by atoms with E-state index in [0.717, 1.165) is 11.3 Å². The maximum atomic E-state index is 12.1. The quantitative estimate of drug-likeness (QED) is 0.801. The fourth-order valence-corrected chi connectivity index (χ4v) is 2.85. The fraction of sp³-hybridized carbons (Fsp3) is 0.125. The van der Waals surface area contributed by atoms with E-state index in [2.05, 4.69) is 26.8 Å². The van der Waals surface area contributed by atoms with E-state index < -0.39 is 0 Å². The molecule has 0 fully saturated rings. The molecule has 0 aromatic heterocycles. The first kappa shape index (κ1) is 16.6. The number of benzene rings is 2. The van der Waals surface area contributed by atoms with Crippen LogP contribution in [0.5, 0.6) is 0 Å². The van der Waals surface area contributed by atoms with E-state index in [0.29, 0.717) is 15.6 Å². The van der Waals surface area contributed by atoms with Gasteiger partial charge in [0.1, 0.15) is 0 Å². The Bertz CT molecular complexity index is 691. The van der Waals surface area contributed by atoms with Gasteiger partial charge in [0, 0.05) is 15.8 Å². The summed E-state index contributed by atoms with van der Waals surface area (Å²) in [5.41, 5.74) is 6.88. The Hall–Kier alpha value is -1.79. The van der Waals surface area contributed by atoms with Gasteiger partial charge in [0.05, 0.1) is 5.56 Å². The summed E-state index contributed by atoms with van der Waals surface area (Å²) in [5, 5.41) is 0. The standard InChI is InChI=1S/C16H15BrN2O2S/c1-22-10-11-5-4-6-12(9-11)15(20)18-19-16(21)13-7-2-3-8-14(13)17/h2-9H,10H2,1H3,(H,18,20)(H,19,21). The molecule has 0 saturated carbocycles. The van der Waals surface area contributed by atoms with Gasteiger partial charge in [0.15, 0.2) is 0 Å². The Morgan fingerprint density at radius 1 is 1.05 bits per heavy atom. The molecule has 0 radical (unpaired) electrons. The van der Waals surface area contributed by atoms with Crippen molar-refractivity contribution >= 4 is 39.5 Å². The average molecular weight is 379 g/mol. The van der Waals surface area contributed by atoms with Crippen LogP contribution in [0.1, 0.15) is 26.3 Å². The van der Waals surface area contributed by atoms with Crippen LogP contribution in [-0.4, -0.2) is 18.1 Å². The van der Waals surface area contributed by atoms with Gasteiger partial charge < -0.3 is 0 Å². The van der Waals surface area contributed by atoms with Gasteiger partial charge in [-0.2, -0.15) is 11.8 Å². The highest BCUT2D eigenvalue weighted by Crippen LogP contribution is 2.15. The zero-order valence-corrected chi connectivity index (χ0v) is 14.3. The van der Waals surface area contributed by atoms with Crippen molar-refractivity contribution in [2.24, 2.45) is 0 Å². The monoisotopic (exact) mass is 378 g/mol. The minimum atomic E-state index is -0.374. The van der Waals surface area contributed by atoms with Crippen molar-refractivity contribution < 1.29 is 9.59 Å². The minimum Gasteiger partial charge on any atom is -0.267 e. The topological polar surface area (TPSA) is 58.2 Å². The lowest BCUT2D eigenvalue weighted by molar-refractivity contribution is 0.0846. The van der Waals surface area contributed by atoms with E-state index in [4.69, 9.17) is 0 Å². The van der Waals surface area contributed by atoms with Gasteiger partial charge in [-0.15, -0.1) is 0 Å². The number of carbonyl (C=O) groups is 2. The summed E-state index contributed by atoms with van der Waals surface area (Å²) in [6, 6.07) is 14.3.